The third kappa shape index (κ3) is 4.18. The molecule has 0 aromatic heterocycles. The Labute approximate surface area is 128 Å². The molecule has 120 valence electrons. The first-order chi connectivity index (χ1) is 9.88. The van der Waals surface area contributed by atoms with E-state index in [4.69, 9.17) is 4.74 Å². The molecule has 0 saturated heterocycles. The monoisotopic (exact) mass is 314 g/mol. The summed E-state index contributed by atoms with van der Waals surface area (Å²) >= 11 is 0. The van der Waals surface area contributed by atoms with Crippen molar-refractivity contribution in [2.24, 2.45) is 0 Å². The first kappa shape index (κ1) is 17.9. The smallest absolute Gasteiger partial charge is 0.243 e. The van der Waals surface area contributed by atoms with Crippen molar-refractivity contribution in [3.63, 3.8) is 0 Å². The van der Waals surface area contributed by atoms with Crippen LogP contribution in [0.25, 0.3) is 0 Å². The minimum absolute atomic E-state index is 0.0187. The van der Waals surface area contributed by atoms with E-state index >= 15 is 0 Å². The maximum absolute atomic E-state index is 12.7. The van der Waals surface area contributed by atoms with Crippen molar-refractivity contribution in [3.8, 4) is 5.75 Å². The zero-order valence-corrected chi connectivity index (χ0v) is 14.3. The fourth-order valence-corrected chi connectivity index (χ4v) is 3.69. The Morgan fingerprint density at radius 2 is 2.05 bits per heavy atom. The molecule has 0 aliphatic heterocycles. The summed E-state index contributed by atoms with van der Waals surface area (Å²) in [6.07, 6.45) is 1.80. The van der Waals surface area contributed by atoms with E-state index in [1.54, 1.807) is 32.4 Å². The highest BCUT2D eigenvalue weighted by Crippen LogP contribution is 2.25. The number of hydrogen-bond donors (Lipinski definition) is 1. The van der Waals surface area contributed by atoms with E-state index in [1.807, 2.05) is 14.0 Å². The summed E-state index contributed by atoms with van der Waals surface area (Å²) in [4.78, 5) is 0.305. The first-order valence-electron chi connectivity index (χ1n) is 7.18. The van der Waals surface area contributed by atoms with Gasteiger partial charge in [0.15, 0.2) is 0 Å². The highest BCUT2D eigenvalue weighted by molar-refractivity contribution is 7.89. The van der Waals surface area contributed by atoms with Crippen LogP contribution in [0, 0.1) is 0 Å². The lowest BCUT2D eigenvalue weighted by Gasteiger charge is -2.24. The van der Waals surface area contributed by atoms with E-state index in [2.05, 4.69) is 12.2 Å². The van der Waals surface area contributed by atoms with Gasteiger partial charge in [0.05, 0.1) is 12.0 Å². The molecule has 0 radical (unpaired) electrons. The molecular weight excluding hydrogens is 288 g/mol. The average Bonchev–Trinajstić information content (AvgIpc) is 2.46. The Kier molecular flexibility index (Phi) is 6.64. The molecule has 1 atom stereocenters. The van der Waals surface area contributed by atoms with Crippen LogP contribution in [0.4, 0.5) is 0 Å². The van der Waals surface area contributed by atoms with Crippen LogP contribution in [0.1, 0.15) is 32.3 Å². The van der Waals surface area contributed by atoms with Gasteiger partial charge in [-0.3, -0.25) is 0 Å². The van der Waals surface area contributed by atoms with E-state index in [1.165, 1.54) is 4.31 Å². The lowest BCUT2D eigenvalue weighted by Crippen LogP contribution is -2.35. The quantitative estimate of drug-likeness (QED) is 0.799. The fourth-order valence-electron chi connectivity index (χ4n) is 2.25. The lowest BCUT2D eigenvalue weighted by atomic mass is 10.2. The van der Waals surface area contributed by atoms with Crippen LogP contribution in [-0.2, 0) is 16.6 Å². The molecule has 0 fully saturated rings. The van der Waals surface area contributed by atoms with Gasteiger partial charge < -0.3 is 10.1 Å². The average molecular weight is 314 g/mol. The van der Waals surface area contributed by atoms with Gasteiger partial charge in [0.25, 0.3) is 0 Å². The predicted octanol–water partition coefficient (Wildman–Crippen LogP) is 2.22. The van der Waals surface area contributed by atoms with Crippen molar-refractivity contribution in [1.82, 2.24) is 9.62 Å². The van der Waals surface area contributed by atoms with Crippen molar-refractivity contribution in [2.45, 2.75) is 44.2 Å². The van der Waals surface area contributed by atoms with Gasteiger partial charge in [-0.25, -0.2) is 8.42 Å². The maximum atomic E-state index is 12.7. The topological polar surface area (TPSA) is 58.6 Å². The third-order valence-corrected chi connectivity index (χ3v) is 5.59. The number of nitrogens with zero attached hydrogens (tertiary/aromatic N) is 1. The molecule has 1 aromatic carbocycles. The van der Waals surface area contributed by atoms with Gasteiger partial charge in [-0.15, -0.1) is 0 Å². The first-order valence-corrected chi connectivity index (χ1v) is 8.62. The summed E-state index contributed by atoms with van der Waals surface area (Å²) in [5.41, 5.74) is 0.831. The lowest BCUT2D eigenvalue weighted by molar-refractivity contribution is 0.368. The minimum Gasteiger partial charge on any atom is -0.496 e. The van der Waals surface area contributed by atoms with Crippen molar-refractivity contribution >= 4 is 10.0 Å². The Hall–Kier alpha value is -1.11. The number of hydrogen-bond acceptors (Lipinski definition) is 4. The Balaban J connectivity index is 3.16. The molecule has 0 aliphatic carbocycles. The molecular formula is C15H26N2O3S. The molecule has 6 heteroatoms. The van der Waals surface area contributed by atoms with Gasteiger partial charge in [-0.1, -0.05) is 13.3 Å². The largest absolute Gasteiger partial charge is 0.496 e. The standard InChI is InChI=1S/C15H26N2O3S/c1-6-7-12(2)17(4)21(18,19)14-8-9-15(20-5)13(10-14)11-16-3/h8-10,12,16H,6-7,11H2,1-5H3. The summed E-state index contributed by atoms with van der Waals surface area (Å²) in [5.74, 6) is 0.688. The van der Waals surface area contributed by atoms with Gasteiger partial charge in [-0.2, -0.15) is 4.31 Å². The molecule has 0 spiro atoms. The SMILES string of the molecule is CCCC(C)N(C)S(=O)(=O)c1ccc(OC)c(CNC)c1. The van der Waals surface area contributed by atoms with E-state index in [0.717, 1.165) is 18.4 Å². The second-order valence-corrected chi connectivity index (χ2v) is 7.16. The van der Waals surface area contributed by atoms with Crippen LogP contribution in [0.5, 0.6) is 5.75 Å². The van der Waals surface area contributed by atoms with Gasteiger partial charge in [0.1, 0.15) is 5.75 Å². The molecule has 1 rings (SSSR count). The molecule has 0 saturated carbocycles. The number of ether oxygens (including phenoxy) is 1. The fraction of sp³-hybridized carbons (Fsp3) is 0.600. The molecule has 1 unspecified atom stereocenters. The third-order valence-electron chi connectivity index (χ3n) is 3.62. The number of rotatable bonds is 8. The summed E-state index contributed by atoms with van der Waals surface area (Å²) in [7, 11) is 1.56. The second kappa shape index (κ2) is 7.77. The molecule has 1 aromatic rings. The molecule has 1 N–H and O–H groups in total. The highest BCUT2D eigenvalue weighted by Gasteiger charge is 2.25. The highest BCUT2D eigenvalue weighted by atomic mass is 32.2. The number of benzene rings is 1. The van der Waals surface area contributed by atoms with Gasteiger partial charge in [-0.05, 0) is 38.6 Å². The molecule has 0 aliphatic rings. The van der Waals surface area contributed by atoms with Crippen molar-refractivity contribution in [1.29, 1.82) is 0 Å². The summed E-state index contributed by atoms with van der Waals surface area (Å²) in [6.45, 7) is 4.54. The molecule has 5 nitrogen and oxygen atoms in total. The van der Waals surface area contributed by atoms with Gasteiger partial charge in [0, 0.05) is 25.2 Å². The second-order valence-electron chi connectivity index (χ2n) is 5.16. The van der Waals surface area contributed by atoms with Crippen LogP contribution < -0.4 is 10.1 Å². The Morgan fingerprint density at radius 3 is 2.57 bits per heavy atom. The van der Waals surface area contributed by atoms with Crippen molar-refractivity contribution < 1.29 is 13.2 Å². The Morgan fingerprint density at radius 1 is 1.38 bits per heavy atom. The van der Waals surface area contributed by atoms with E-state index in [-0.39, 0.29) is 6.04 Å². The predicted molar refractivity (Wildman–Crippen MR) is 85.1 cm³/mol. The Bertz CT molecular complexity index is 558. The summed E-state index contributed by atoms with van der Waals surface area (Å²) in [5, 5.41) is 3.02. The number of methoxy groups -OCH3 is 1. The zero-order chi connectivity index (χ0) is 16.0. The minimum atomic E-state index is -3.48. The summed E-state index contributed by atoms with van der Waals surface area (Å²) < 4.78 is 32.0. The normalized spacial score (nSPS) is 13.4. The van der Waals surface area contributed by atoms with Gasteiger partial charge >= 0.3 is 0 Å². The molecule has 21 heavy (non-hydrogen) atoms. The van der Waals surface area contributed by atoms with Crippen molar-refractivity contribution in [3.05, 3.63) is 23.8 Å². The van der Waals surface area contributed by atoms with Crippen LogP contribution in [-0.4, -0.2) is 40.0 Å². The van der Waals surface area contributed by atoms with Crippen LogP contribution in [0.2, 0.25) is 0 Å². The zero-order valence-electron chi connectivity index (χ0n) is 13.5. The van der Waals surface area contributed by atoms with E-state index in [9.17, 15) is 8.42 Å². The molecule has 0 heterocycles. The molecule has 0 amide bonds. The van der Waals surface area contributed by atoms with Gasteiger partial charge in [0.2, 0.25) is 10.0 Å². The van der Waals surface area contributed by atoms with Crippen molar-refractivity contribution in [2.75, 3.05) is 21.2 Å². The maximum Gasteiger partial charge on any atom is 0.243 e. The van der Waals surface area contributed by atoms with Crippen LogP contribution >= 0.6 is 0 Å². The van der Waals surface area contributed by atoms with E-state index in [0.29, 0.717) is 17.2 Å². The van der Waals surface area contributed by atoms with E-state index < -0.39 is 10.0 Å². The van der Waals surface area contributed by atoms with Crippen LogP contribution in [0.15, 0.2) is 23.1 Å². The summed E-state index contributed by atoms with van der Waals surface area (Å²) in [6, 6.07) is 4.97. The molecule has 0 bridgehead atoms. The number of sulfonamides is 1. The number of nitrogens with one attached hydrogen (secondary N) is 1. The van der Waals surface area contributed by atoms with Crippen LogP contribution in [0.3, 0.4) is 0 Å².